The van der Waals surface area contributed by atoms with Gasteiger partial charge in [0.2, 0.25) is 0 Å². The summed E-state index contributed by atoms with van der Waals surface area (Å²) in [7, 11) is -9.20. The molecule has 2 aromatic rings. The van der Waals surface area contributed by atoms with Crippen molar-refractivity contribution in [1.82, 2.24) is 0 Å². The van der Waals surface area contributed by atoms with Gasteiger partial charge in [-0.1, -0.05) is 182 Å². The maximum absolute atomic E-state index is 13.4. The summed E-state index contributed by atoms with van der Waals surface area (Å²) in [5.74, 6) is 2.64. The Bertz CT molecular complexity index is 1340. The highest BCUT2D eigenvalue weighted by Gasteiger charge is 2.30. The molecule has 8 nitrogen and oxygen atoms in total. The number of hydrogen-bond donors (Lipinski definition) is 2. The van der Waals surface area contributed by atoms with Crippen molar-refractivity contribution < 1.29 is 37.0 Å². The van der Waals surface area contributed by atoms with Gasteiger partial charge in [-0.05, 0) is 83.7 Å². The number of benzene rings is 2. The van der Waals surface area contributed by atoms with Crippen LogP contribution < -0.4 is 9.05 Å². The van der Waals surface area contributed by atoms with Crippen molar-refractivity contribution >= 4 is 15.6 Å². The first-order valence-corrected chi connectivity index (χ1v) is 25.4. The highest BCUT2D eigenvalue weighted by atomic mass is 31.2. The smallest absolute Gasteiger partial charge is 0.404 e. The van der Waals surface area contributed by atoms with Crippen LogP contribution in [-0.4, -0.2) is 23.0 Å². The highest BCUT2D eigenvalue weighted by molar-refractivity contribution is 7.48. The topological polar surface area (TPSA) is 112 Å². The Balaban J connectivity index is 2.22. The molecule has 0 aliphatic rings. The first kappa shape index (κ1) is 50.5. The van der Waals surface area contributed by atoms with Crippen molar-refractivity contribution in [1.29, 1.82) is 0 Å². The molecule has 2 rings (SSSR count). The Morgan fingerprint density at radius 2 is 0.786 bits per heavy atom. The molecule has 0 saturated heterocycles. The fourth-order valence-electron chi connectivity index (χ4n) is 7.82. The molecule has 10 heteroatoms. The lowest BCUT2D eigenvalue weighted by Crippen LogP contribution is -2.13. The van der Waals surface area contributed by atoms with E-state index in [9.17, 15) is 18.9 Å². The van der Waals surface area contributed by atoms with Gasteiger partial charge in [-0.25, -0.2) is 9.13 Å². The monoisotopic (exact) mass is 823 g/mol. The van der Waals surface area contributed by atoms with E-state index in [0.29, 0.717) is 35.2 Å². The predicted octanol–water partition coefficient (Wildman–Crippen LogP) is 14.4. The number of unbranched alkanes of at least 4 members (excludes halogenated alkanes) is 4. The molecule has 0 heterocycles. The van der Waals surface area contributed by atoms with E-state index in [4.69, 9.17) is 18.1 Å². The molecule has 2 N–H and O–H groups in total. The second-order valence-corrected chi connectivity index (χ2v) is 18.8. The summed E-state index contributed by atoms with van der Waals surface area (Å²) in [6.45, 7) is 16.8. The Morgan fingerprint density at radius 1 is 0.482 bits per heavy atom. The van der Waals surface area contributed by atoms with Gasteiger partial charge in [0.1, 0.15) is 11.5 Å². The second kappa shape index (κ2) is 27.9. The van der Waals surface area contributed by atoms with E-state index in [0.717, 1.165) is 138 Å². The van der Waals surface area contributed by atoms with Crippen molar-refractivity contribution in [2.24, 2.45) is 23.7 Å². The molecular formula is C46H80O8P2. The Labute approximate surface area is 342 Å². The maximum Gasteiger partial charge on any atom is 0.527 e. The molecule has 56 heavy (non-hydrogen) atoms. The van der Waals surface area contributed by atoms with Crippen LogP contribution in [0.5, 0.6) is 11.5 Å². The lowest BCUT2D eigenvalue weighted by Gasteiger charge is -2.24. The fraction of sp³-hybridized carbons (Fsp3) is 0.739. The summed E-state index contributed by atoms with van der Waals surface area (Å²) < 4.78 is 49.0. The van der Waals surface area contributed by atoms with Crippen molar-refractivity contribution in [3.8, 4) is 11.5 Å². The van der Waals surface area contributed by atoms with Crippen LogP contribution in [0.2, 0.25) is 0 Å². The van der Waals surface area contributed by atoms with Crippen molar-refractivity contribution in [2.75, 3.05) is 13.2 Å². The first-order chi connectivity index (χ1) is 26.9. The largest absolute Gasteiger partial charge is 0.527 e. The Morgan fingerprint density at radius 3 is 1.07 bits per heavy atom. The molecule has 0 aromatic heterocycles. The molecule has 2 aromatic carbocycles. The molecule has 322 valence electrons. The van der Waals surface area contributed by atoms with Crippen LogP contribution in [0.1, 0.15) is 180 Å². The standard InChI is InChI=1S/C46H80O8P2/c1-9-17-23-37(13-5)33-41-27-21-29-45(43(41)35-39(15-7)25-19-11-3)53-55(47,48)51-31-32-52-56(49,50)54-46-30-22-28-42(34-38(14-6)24-18-10-2)44(46)36-40(16-8)26-20-12-4/h21-22,27-30,37-40H,9-20,23-26,31-36H2,1-8H3,(H,47,48)(H,49,50). The SMILES string of the molecule is CCCCC(CC)Cc1cccc(OP(=O)(O)OCCOP(=O)(O)Oc2cccc(CC(CC)CCCC)c2CC(CC)CCCC)c1CC(CC)CCCC. The van der Waals surface area contributed by atoms with Gasteiger partial charge < -0.3 is 9.05 Å². The molecule has 0 bridgehead atoms. The molecule has 0 aliphatic heterocycles. The zero-order chi connectivity index (χ0) is 41.4. The third-order valence-electron chi connectivity index (χ3n) is 11.7. The third-order valence-corrected chi connectivity index (χ3v) is 13.5. The molecule has 0 fully saturated rings. The van der Waals surface area contributed by atoms with E-state index >= 15 is 0 Å². The molecular weight excluding hydrogens is 742 g/mol. The quantitative estimate of drug-likeness (QED) is 0.0541. The van der Waals surface area contributed by atoms with Gasteiger partial charge in [-0.3, -0.25) is 18.8 Å². The number of hydrogen-bond acceptors (Lipinski definition) is 6. The van der Waals surface area contributed by atoms with E-state index in [1.807, 2.05) is 12.1 Å². The fourth-order valence-corrected chi connectivity index (χ4v) is 9.37. The van der Waals surface area contributed by atoms with E-state index in [1.54, 1.807) is 12.1 Å². The number of rotatable bonds is 33. The maximum atomic E-state index is 13.4. The van der Waals surface area contributed by atoms with Crippen LogP contribution in [0.4, 0.5) is 0 Å². The van der Waals surface area contributed by atoms with Gasteiger partial charge in [-0.15, -0.1) is 0 Å². The molecule has 0 spiro atoms. The van der Waals surface area contributed by atoms with Gasteiger partial charge in [0.25, 0.3) is 0 Å². The average molecular weight is 823 g/mol. The Hall–Kier alpha value is -1.66. The van der Waals surface area contributed by atoms with Crippen molar-refractivity contribution in [3.05, 3.63) is 58.7 Å². The minimum Gasteiger partial charge on any atom is -0.404 e. The van der Waals surface area contributed by atoms with E-state index in [2.05, 4.69) is 67.5 Å². The highest BCUT2D eigenvalue weighted by Crippen LogP contribution is 2.48. The Kier molecular flexibility index (Phi) is 25.2. The summed E-state index contributed by atoms with van der Waals surface area (Å²) in [4.78, 5) is 21.8. The minimum atomic E-state index is -4.60. The molecule has 0 radical (unpaired) electrons. The summed E-state index contributed by atoms with van der Waals surface area (Å²) in [5.41, 5.74) is 4.27. The third kappa shape index (κ3) is 18.9. The van der Waals surface area contributed by atoms with Gasteiger partial charge in [-0.2, -0.15) is 0 Å². The molecule has 0 aliphatic carbocycles. The van der Waals surface area contributed by atoms with E-state index in [-0.39, 0.29) is 0 Å². The molecule has 6 unspecified atom stereocenters. The normalized spacial score (nSPS) is 16.1. The van der Waals surface area contributed by atoms with Crippen LogP contribution in [0.15, 0.2) is 36.4 Å². The molecule has 6 atom stereocenters. The minimum absolute atomic E-state index is 0.363. The van der Waals surface area contributed by atoms with Crippen LogP contribution in [0.25, 0.3) is 0 Å². The first-order valence-electron chi connectivity index (χ1n) is 22.4. The van der Waals surface area contributed by atoms with Crippen molar-refractivity contribution in [2.45, 2.75) is 184 Å². The van der Waals surface area contributed by atoms with E-state index < -0.39 is 28.9 Å². The zero-order valence-corrected chi connectivity index (χ0v) is 38.4. The van der Waals surface area contributed by atoms with Crippen LogP contribution in [0.3, 0.4) is 0 Å². The molecule has 0 saturated carbocycles. The van der Waals surface area contributed by atoms with Gasteiger partial charge in [0, 0.05) is 0 Å². The van der Waals surface area contributed by atoms with Gasteiger partial charge in [0.05, 0.1) is 13.2 Å². The lowest BCUT2D eigenvalue weighted by molar-refractivity contribution is 0.138. The van der Waals surface area contributed by atoms with Crippen LogP contribution >= 0.6 is 15.6 Å². The second-order valence-electron chi connectivity index (χ2n) is 16.1. The van der Waals surface area contributed by atoms with Gasteiger partial charge >= 0.3 is 15.6 Å². The number of phosphoric acid groups is 2. The van der Waals surface area contributed by atoms with Crippen molar-refractivity contribution in [3.63, 3.8) is 0 Å². The van der Waals surface area contributed by atoms with Crippen LogP contribution in [-0.2, 0) is 43.9 Å². The predicted molar refractivity (Wildman–Crippen MR) is 234 cm³/mol. The summed E-state index contributed by atoms with van der Waals surface area (Å²) in [6, 6.07) is 11.5. The zero-order valence-electron chi connectivity index (χ0n) is 36.6. The van der Waals surface area contributed by atoms with Crippen LogP contribution in [0, 0.1) is 23.7 Å². The van der Waals surface area contributed by atoms with E-state index in [1.165, 1.54) is 12.8 Å². The average Bonchev–Trinajstić information content (AvgIpc) is 3.18. The molecule has 0 amide bonds. The lowest BCUT2D eigenvalue weighted by atomic mass is 9.85. The summed E-state index contributed by atoms with van der Waals surface area (Å²) in [6.07, 6.45) is 21.1. The number of phosphoric ester groups is 2. The summed E-state index contributed by atoms with van der Waals surface area (Å²) in [5, 5.41) is 0. The van der Waals surface area contributed by atoms with Gasteiger partial charge in [0.15, 0.2) is 0 Å². The summed E-state index contributed by atoms with van der Waals surface area (Å²) >= 11 is 0.